The molecule has 1 aliphatic rings. The Kier molecular flexibility index (Phi) is 5.35. The van der Waals surface area contributed by atoms with Gasteiger partial charge in [0.05, 0.1) is 22.0 Å². The van der Waals surface area contributed by atoms with E-state index in [4.69, 9.17) is 0 Å². The second-order valence-electron chi connectivity index (χ2n) is 5.99. The summed E-state index contributed by atoms with van der Waals surface area (Å²) >= 11 is 0. The van der Waals surface area contributed by atoms with Crippen LogP contribution in [0.2, 0.25) is 0 Å². The molecule has 6 heteroatoms. The van der Waals surface area contributed by atoms with Crippen molar-refractivity contribution in [3.63, 3.8) is 0 Å². The molecule has 0 aromatic heterocycles. The highest BCUT2D eigenvalue weighted by atomic mass is 33.1. The van der Waals surface area contributed by atoms with Gasteiger partial charge in [0.1, 0.15) is 0 Å². The van der Waals surface area contributed by atoms with Gasteiger partial charge in [-0.25, -0.2) is 12.7 Å². The smallest absolute Gasteiger partial charge is 0.244 e. The van der Waals surface area contributed by atoms with E-state index in [-0.39, 0.29) is 5.92 Å². The van der Waals surface area contributed by atoms with Crippen molar-refractivity contribution >= 4 is 19.8 Å². The van der Waals surface area contributed by atoms with Crippen LogP contribution < -0.4 is 0 Å². The maximum absolute atomic E-state index is 12.4. The number of nitrogens with zero attached hydrogens (tertiary/aromatic N) is 1. The van der Waals surface area contributed by atoms with Gasteiger partial charge in [-0.15, -0.1) is 0 Å². The van der Waals surface area contributed by atoms with Crippen LogP contribution in [0.3, 0.4) is 0 Å². The van der Waals surface area contributed by atoms with Crippen molar-refractivity contribution in [1.82, 2.24) is 4.31 Å². The maximum atomic E-state index is 12.4. The second-order valence-corrected chi connectivity index (χ2v) is 9.80. The molecule has 1 saturated heterocycles. The van der Waals surface area contributed by atoms with Gasteiger partial charge in [-0.05, 0) is 37.3 Å². The number of piperidine rings is 1. The highest BCUT2D eigenvalue weighted by molar-refractivity contribution is 8.71. The second kappa shape index (κ2) is 6.69. The molecule has 4 nitrogen and oxygen atoms in total. The Morgan fingerprint density at radius 2 is 1.90 bits per heavy atom. The molecule has 1 heterocycles. The van der Waals surface area contributed by atoms with Crippen LogP contribution in [0.1, 0.15) is 25.8 Å². The summed E-state index contributed by atoms with van der Waals surface area (Å²) in [5, 5.41) is 10.2. The van der Waals surface area contributed by atoms with Gasteiger partial charge in [-0.3, -0.25) is 0 Å². The first-order valence-corrected chi connectivity index (χ1v) is 10.0. The molecule has 1 fully saturated rings. The summed E-state index contributed by atoms with van der Waals surface area (Å²) in [6.45, 7) is 7.21. The predicted molar refractivity (Wildman–Crippen MR) is 86.5 cm³/mol. The Bertz CT molecular complexity index is 569. The highest BCUT2D eigenvalue weighted by Crippen LogP contribution is 2.33. The minimum atomic E-state index is -3.41. The fourth-order valence-electron chi connectivity index (χ4n) is 2.65. The van der Waals surface area contributed by atoms with Crippen LogP contribution >= 0.6 is 11.0 Å². The number of hydrogen-bond donors (Lipinski definition) is 1. The summed E-state index contributed by atoms with van der Waals surface area (Å²) in [5.41, 5.74) is 1.03. The lowest BCUT2D eigenvalue weighted by molar-refractivity contribution is 0.0333. The third kappa shape index (κ3) is 4.22. The molecule has 0 radical (unpaired) electrons. The lowest BCUT2D eigenvalue weighted by Crippen LogP contribution is -2.42. The van der Waals surface area contributed by atoms with Crippen LogP contribution in [0.4, 0.5) is 0 Å². The predicted octanol–water partition coefficient (Wildman–Crippen LogP) is 2.67. The molecular weight excluding hydrogens is 306 g/mol. The average Bonchev–Trinajstić information content (AvgIpc) is 2.38. The summed E-state index contributed by atoms with van der Waals surface area (Å²) in [6, 6.07) is 6.87. The minimum Gasteiger partial charge on any atom is -0.391 e. The standard InChI is InChI=1S/C15H23NO3S2/c1-11(2)14-8-9-16(10-15(14)17)20-21(18,19)13-6-4-12(3)5-7-13/h4-7,11,14-15,17H,8-10H2,1-3H3/t14-,15-/m0/s1. The lowest BCUT2D eigenvalue weighted by Gasteiger charge is -2.36. The number of β-amino-alcohol motifs (C(OH)–C–C–N with tert-alkyl or cyclic N) is 1. The number of aliphatic hydroxyl groups excluding tert-OH is 1. The van der Waals surface area contributed by atoms with E-state index in [1.807, 2.05) is 6.92 Å². The van der Waals surface area contributed by atoms with E-state index in [0.717, 1.165) is 23.0 Å². The fraction of sp³-hybridized carbons (Fsp3) is 0.600. The van der Waals surface area contributed by atoms with Crippen LogP contribution in [0.15, 0.2) is 29.2 Å². The zero-order valence-corrected chi connectivity index (χ0v) is 14.3. The van der Waals surface area contributed by atoms with E-state index in [1.54, 1.807) is 28.6 Å². The van der Waals surface area contributed by atoms with E-state index in [9.17, 15) is 13.5 Å². The van der Waals surface area contributed by atoms with Crippen molar-refractivity contribution < 1.29 is 13.5 Å². The first-order valence-electron chi connectivity index (χ1n) is 7.24. The molecule has 0 bridgehead atoms. The Labute approximate surface area is 131 Å². The molecule has 1 N–H and O–H groups in total. The molecule has 1 aromatic carbocycles. The van der Waals surface area contributed by atoms with Crippen molar-refractivity contribution in [2.45, 2.75) is 38.2 Å². The van der Waals surface area contributed by atoms with Crippen LogP contribution in [-0.4, -0.2) is 37.0 Å². The Morgan fingerprint density at radius 3 is 2.43 bits per heavy atom. The van der Waals surface area contributed by atoms with Gasteiger partial charge < -0.3 is 5.11 Å². The van der Waals surface area contributed by atoms with Gasteiger partial charge >= 0.3 is 0 Å². The van der Waals surface area contributed by atoms with Crippen molar-refractivity contribution in [1.29, 1.82) is 0 Å². The highest BCUT2D eigenvalue weighted by Gasteiger charge is 2.32. The van der Waals surface area contributed by atoms with Gasteiger partial charge in [0.25, 0.3) is 0 Å². The van der Waals surface area contributed by atoms with Gasteiger partial charge in [-0.2, -0.15) is 0 Å². The van der Waals surface area contributed by atoms with Gasteiger partial charge in [0, 0.05) is 13.1 Å². The monoisotopic (exact) mass is 329 g/mol. The number of benzene rings is 1. The minimum absolute atomic E-state index is 0.254. The first-order chi connectivity index (χ1) is 9.79. The molecule has 2 rings (SSSR count). The molecule has 0 spiro atoms. The molecule has 118 valence electrons. The van der Waals surface area contributed by atoms with E-state index in [2.05, 4.69) is 13.8 Å². The normalized spacial score (nSPS) is 24.4. The SMILES string of the molecule is Cc1ccc(S(=O)(=O)SN2CC[C@@H](C(C)C)[C@@H](O)C2)cc1. The summed E-state index contributed by atoms with van der Waals surface area (Å²) in [6.07, 6.45) is 0.370. The molecule has 1 aliphatic heterocycles. The first kappa shape index (κ1) is 16.8. The summed E-state index contributed by atoms with van der Waals surface area (Å²) in [5.74, 6) is 0.671. The molecule has 0 saturated carbocycles. The third-order valence-electron chi connectivity index (χ3n) is 3.97. The molecular formula is C15H23NO3S2. The number of hydrogen-bond acceptors (Lipinski definition) is 5. The van der Waals surface area contributed by atoms with E-state index in [1.165, 1.54) is 0 Å². The van der Waals surface area contributed by atoms with Crippen molar-refractivity contribution in [3.8, 4) is 0 Å². The van der Waals surface area contributed by atoms with Gasteiger partial charge in [0.15, 0.2) is 0 Å². The Balaban J connectivity index is 2.03. The maximum Gasteiger partial charge on any atom is 0.244 e. The zero-order valence-electron chi connectivity index (χ0n) is 12.7. The molecule has 0 aliphatic carbocycles. The van der Waals surface area contributed by atoms with Crippen LogP contribution in [-0.2, 0) is 8.87 Å². The Morgan fingerprint density at radius 1 is 1.29 bits per heavy atom. The van der Waals surface area contributed by atoms with E-state index >= 15 is 0 Å². The van der Waals surface area contributed by atoms with Crippen LogP contribution in [0.5, 0.6) is 0 Å². The van der Waals surface area contributed by atoms with E-state index < -0.39 is 15.0 Å². The fourth-order valence-corrected chi connectivity index (χ4v) is 5.71. The van der Waals surface area contributed by atoms with Crippen molar-refractivity contribution in [2.24, 2.45) is 11.8 Å². The van der Waals surface area contributed by atoms with Gasteiger partial charge in [0.2, 0.25) is 8.87 Å². The molecule has 2 atom stereocenters. The molecule has 21 heavy (non-hydrogen) atoms. The Hall–Kier alpha value is -0.560. The van der Waals surface area contributed by atoms with Gasteiger partial charge in [-0.1, -0.05) is 31.5 Å². The quantitative estimate of drug-likeness (QED) is 0.680. The summed E-state index contributed by atoms with van der Waals surface area (Å²) < 4.78 is 26.5. The van der Waals surface area contributed by atoms with Crippen LogP contribution in [0.25, 0.3) is 0 Å². The third-order valence-corrected chi connectivity index (χ3v) is 7.35. The van der Waals surface area contributed by atoms with Crippen LogP contribution in [0, 0.1) is 18.8 Å². The number of aliphatic hydroxyl groups is 1. The number of aryl methyl sites for hydroxylation is 1. The zero-order chi connectivity index (χ0) is 15.6. The number of rotatable bonds is 4. The molecule has 0 amide bonds. The topological polar surface area (TPSA) is 57.6 Å². The van der Waals surface area contributed by atoms with E-state index in [0.29, 0.717) is 23.9 Å². The molecule has 1 aromatic rings. The largest absolute Gasteiger partial charge is 0.391 e. The van der Waals surface area contributed by atoms with Crippen molar-refractivity contribution in [2.75, 3.05) is 13.1 Å². The lowest BCUT2D eigenvalue weighted by atomic mass is 9.85. The average molecular weight is 329 g/mol. The molecule has 0 unspecified atom stereocenters. The summed E-state index contributed by atoms with van der Waals surface area (Å²) in [7, 11) is -2.56. The van der Waals surface area contributed by atoms with Crippen molar-refractivity contribution in [3.05, 3.63) is 29.8 Å². The summed E-state index contributed by atoms with van der Waals surface area (Å²) in [4.78, 5) is 0.318.